The lowest BCUT2D eigenvalue weighted by atomic mass is 9.99. The zero-order valence-corrected chi connectivity index (χ0v) is 11.9. The number of urea groups is 1. The summed E-state index contributed by atoms with van der Waals surface area (Å²) in [5.74, 6) is -0.819. The minimum Gasteiger partial charge on any atom is -0.508 e. The molecule has 0 bridgehead atoms. The molecule has 20 heavy (non-hydrogen) atoms. The third kappa shape index (κ3) is 4.79. The van der Waals surface area contributed by atoms with Gasteiger partial charge in [-0.2, -0.15) is 0 Å². The molecule has 6 heteroatoms. The summed E-state index contributed by atoms with van der Waals surface area (Å²) >= 11 is 0. The Morgan fingerprint density at radius 2 is 2.00 bits per heavy atom. The Bertz CT molecular complexity index is 500. The highest BCUT2D eigenvalue weighted by atomic mass is 16.4. The number of nitrogens with one attached hydrogen (secondary N) is 1. The molecule has 6 nitrogen and oxygen atoms in total. The van der Waals surface area contributed by atoms with Crippen molar-refractivity contribution in [3.63, 3.8) is 0 Å². The van der Waals surface area contributed by atoms with Crippen LogP contribution in [0.3, 0.4) is 0 Å². The summed E-state index contributed by atoms with van der Waals surface area (Å²) in [6.07, 6.45) is 0.324. The zero-order chi connectivity index (χ0) is 15.3. The van der Waals surface area contributed by atoms with E-state index in [1.807, 2.05) is 0 Å². The van der Waals surface area contributed by atoms with Crippen molar-refractivity contribution in [1.82, 2.24) is 5.32 Å². The fourth-order valence-electron chi connectivity index (χ4n) is 1.67. The van der Waals surface area contributed by atoms with Crippen LogP contribution in [0.15, 0.2) is 24.3 Å². The van der Waals surface area contributed by atoms with Crippen molar-refractivity contribution in [3.05, 3.63) is 24.3 Å². The van der Waals surface area contributed by atoms with Gasteiger partial charge in [0.25, 0.3) is 0 Å². The van der Waals surface area contributed by atoms with E-state index >= 15 is 0 Å². The maximum Gasteiger partial charge on any atom is 0.322 e. The van der Waals surface area contributed by atoms with Gasteiger partial charge in [-0.1, -0.05) is 6.07 Å². The standard InChI is InChI=1S/C14H20N2O4/c1-14(2,8-7-12(18)19)15-13(20)16(3)10-5-4-6-11(17)9-10/h4-6,9,17H,7-8H2,1-3H3,(H,15,20)(H,18,19). The number of hydrogen-bond donors (Lipinski definition) is 3. The van der Waals surface area contributed by atoms with Crippen LogP contribution in [0.4, 0.5) is 10.5 Å². The molecular formula is C14H20N2O4. The van der Waals surface area contributed by atoms with E-state index in [1.165, 1.54) is 17.0 Å². The van der Waals surface area contributed by atoms with Crippen LogP contribution in [0.2, 0.25) is 0 Å². The average molecular weight is 280 g/mol. The van der Waals surface area contributed by atoms with Crippen LogP contribution in [0.5, 0.6) is 5.75 Å². The van der Waals surface area contributed by atoms with E-state index < -0.39 is 11.5 Å². The van der Waals surface area contributed by atoms with Gasteiger partial charge in [0.05, 0.1) is 0 Å². The molecule has 0 saturated carbocycles. The summed E-state index contributed by atoms with van der Waals surface area (Å²) in [7, 11) is 1.58. The van der Waals surface area contributed by atoms with Gasteiger partial charge in [0.2, 0.25) is 0 Å². The van der Waals surface area contributed by atoms with Crippen molar-refractivity contribution in [2.45, 2.75) is 32.2 Å². The van der Waals surface area contributed by atoms with Crippen LogP contribution >= 0.6 is 0 Å². The van der Waals surface area contributed by atoms with Gasteiger partial charge in [-0.3, -0.25) is 9.69 Å². The summed E-state index contributed by atoms with van der Waals surface area (Å²) in [5.41, 5.74) is -0.0721. The molecule has 0 spiro atoms. The molecule has 3 N–H and O–H groups in total. The molecule has 0 aliphatic rings. The maximum absolute atomic E-state index is 12.1. The summed E-state index contributed by atoms with van der Waals surface area (Å²) in [6.45, 7) is 3.54. The lowest BCUT2D eigenvalue weighted by Gasteiger charge is -2.29. The van der Waals surface area contributed by atoms with E-state index in [1.54, 1.807) is 33.0 Å². The van der Waals surface area contributed by atoms with Crippen molar-refractivity contribution >= 4 is 17.7 Å². The molecule has 0 heterocycles. The molecule has 0 aliphatic carbocycles. The van der Waals surface area contributed by atoms with E-state index in [0.29, 0.717) is 12.1 Å². The molecule has 1 aromatic rings. The fourth-order valence-corrected chi connectivity index (χ4v) is 1.67. The van der Waals surface area contributed by atoms with Gasteiger partial charge in [0.1, 0.15) is 5.75 Å². The van der Waals surface area contributed by atoms with Gasteiger partial charge in [0, 0.05) is 30.8 Å². The molecule has 0 radical (unpaired) electrons. The van der Waals surface area contributed by atoms with Crippen molar-refractivity contribution in [3.8, 4) is 5.75 Å². The quantitative estimate of drug-likeness (QED) is 0.771. The first-order valence-electron chi connectivity index (χ1n) is 6.28. The Labute approximate surface area is 118 Å². The topological polar surface area (TPSA) is 89.9 Å². The van der Waals surface area contributed by atoms with Crippen LogP contribution in [0, 0.1) is 0 Å². The largest absolute Gasteiger partial charge is 0.508 e. The Balaban J connectivity index is 2.68. The number of phenols is 1. The zero-order valence-electron chi connectivity index (χ0n) is 11.9. The first-order chi connectivity index (χ1) is 9.21. The SMILES string of the molecule is CN(C(=O)NC(C)(C)CCC(=O)O)c1cccc(O)c1. The van der Waals surface area contributed by atoms with Crippen molar-refractivity contribution in [1.29, 1.82) is 0 Å². The Morgan fingerprint density at radius 1 is 1.35 bits per heavy atom. The molecule has 1 rings (SSSR count). The number of aliphatic carboxylic acids is 1. The Kier molecular flexibility index (Phi) is 4.96. The van der Waals surface area contributed by atoms with Gasteiger partial charge in [-0.05, 0) is 32.4 Å². The molecule has 0 unspecified atom stereocenters. The Hall–Kier alpha value is -2.24. The first kappa shape index (κ1) is 15.8. The number of anilines is 1. The predicted molar refractivity (Wildman–Crippen MR) is 76.0 cm³/mol. The average Bonchev–Trinajstić information content (AvgIpc) is 2.35. The van der Waals surface area contributed by atoms with Crippen molar-refractivity contribution < 1.29 is 19.8 Å². The highest BCUT2D eigenvalue weighted by molar-refractivity contribution is 5.92. The van der Waals surface area contributed by atoms with Gasteiger partial charge < -0.3 is 15.5 Å². The van der Waals surface area contributed by atoms with E-state index in [-0.39, 0.29) is 18.2 Å². The van der Waals surface area contributed by atoms with Crippen molar-refractivity contribution in [2.75, 3.05) is 11.9 Å². The highest BCUT2D eigenvalue weighted by Gasteiger charge is 2.23. The van der Waals surface area contributed by atoms with E-state index in [0.717, 1.165) is 0 Å². The Morgan fingerprint density at radius 3 is 2.55 bits per heavy atom. The number of carboxylic acids is 1. The third-order valence-corrected chi connectivity index (χ3v) is 2.93. The highest BCUT2D eigenvalue weighted by Crippen LogP contribution is 2.20. The molecule has 2 amide bonds. The smallest absolute Gasteiger partial charge is 0.322 e. The summed E-state index contributed by atoms with van der Waals surface area (Å²) in [4.78, 5) is 24.0. The molecule has 110 valence electrons. The lowest BCUT2D eigenvalue weighted by molar-refractivity contribution is -0.137. The normalized spacial score (nSPS) is 10.9. The van der Waals surface area contributed by atoms with Crippen LogP contribution in [-0.4, -0.2) is 34.8 Å². The number of nitrogens with zero attached hydrogens (tertiary/aromatic N) is 1. The number of amides is 2. The molecule has 0 aromatic heterocycles. The molecule has 1 aromatic carbocycles. The van der Waals surface area contributed by atoms with E-state index in [4.69, 9.17) is 5.11 Å². The molecule has 0 aliphatic heterocycles. The van der Waals surface area contributed by atoms with Crippen LogP contribution in [-0.2, 0) is 4.79 Å². The lowest BCUT2D eigenvalue weighted by Crippen LogP contribution is -2.49. The van der Waals surface area contributed by atoms with Gasteiger partial charge >= 0.3 is 12.0 Å². The number of hydrogen-bond acceptors (Lipinski definition) is 3. The second-order valence-electron chi connectivity index (χ2n) is 5.29. The minimum absolute atomic E-state index is 0.0108. The maximum atomic E-state index is 12.1. The second kappa shape index (κ2) is 6.27. The van der Waals surface area contributed by atoms with Gasteiger partial charge in [-0.25, -0.2) is 4.79 Å². The summed E-state index contributed by atoms with van der Waals surface area (Å²) < 4.78 is 0. The predicted octanol–water partition coefficient (Wildman–Crippen LogP) is 2.18. The van der Waals surface area contributed by atoms with Crippen LogP contribution < -0.4 is 10.2 Å². The summed E-state index contributed by atoms with van der Waals surface area (Å²) in [6, 6.07) is 5.98. The van der Waals surface area contributed by atoms with Gasteiger partial charge in [-0.15, -0.1) is 0 Å². The van der Waals surface area contributed by atoms with E-state index in [2.05, 4.69) is 5.32 Å². The number of phenolic OH excluding ortho intramolecular Hbond substituents is 1. The fraction of sp³-hybridized carbons (Fsp3) is 0.429. The molecule has 0 atom stereocenters. The number of benzene rings is 1. The summed E-state index contributed by atoms with van der Waals surface area (Å²) in [5, 5.41) is 20.8. The number of aromatic hydroxyl groups is 1. The van der Waals surface area contributed by atoms with Crippen LogP contribution in [0.25, 0.3) is 0 Å². The number of carboxylic acid groups (broad SMARTS) is 1. The number of carbonyl (C=O) groups is 2. The van der Waals surface area contributed by atoms with Crippen LogP contribution in [0.1, 0.15) is 26.7 Å². The first-order valence-corrected chi connectivity index (χ1v) is 6.28. The minimum atomic E-state index is -0.895. The second-order valence-corrected chi connectivity index (χ2v) is 5.29. The van der Waals surface area contributed by atoms with Gasteiger partial charge in [0.15, 0.2) is 0 Å². The number of carbonyl (C=O) groups excluding carboxylic acids is 1. The third-order valence-electron chi connectivity index (χ3n) is 2.93. The monoisotopic (exact) mass is 280 g/mol. The van der Waals surface area contributed by atoms with Crippen molar-refractivity contribution in [2.24, 2.45) is 0 Å². The molecule has 0 saturated heterocycles. The molecular weight excluding hydrogens is 260 g/mol. The number of rotatable bonds is 5. The van der Waals surface area contributed by atoms with E-state index in [9.17, 15) is 14.7 Å². The molecule has 0 fully saturated rings.